The fraction of sp³-hybridized carbons (Fsp3) is 0.520. The zero-order valence-corrected chi connectivity index (χ0v) is 21.1. The summed E-state index contributed by atoms with van der Waals surface area (Å²) >= 11 is 5.89. The number of thioether (sulfide) groups is 1. The molecule has 0 saturated carbocycles. The molecule has 0 radical (unpaired) electrons. The van der Waals surface area contributed by atoms with Crippen LogP contribution in [0.25, 0.3) is 0 Å². The number of benzene rings is 2. The van der Waals surface area contributed by atoms with Crippen molar-refractivity contribution in [2.24, 2.45) is 0 Å². The van der Waals surface area contributed by atoms with Crippen LogP contribution in [0.15, 0.2) is 53.4 Å². The third-order valence-electron chi connectivity index (χ3n) is 6.60. The predicted molar refractivity (Wildman–Crippen MR) is 137 cm³/mol. The van der Waals surface area contributed by atoms with E-state index in [1.807, 2.05) is 12.1 Å². The van der Waals surface area contributed by atoms with Gasteiger partial charge in [0.05, 0.1) is 0 Å². The van der Waals surface area contributed by atoms with E-state index in [-0.39, 0.29) is 22.7 Å². The molecular formula is C25H32ClF3N4OS. The first-order valence-corrected chi connectivity index (χ1v) is 13.2. The molecule has 192 valence electrons. The third-order valence-corrected chi connectivity index (χ3v) is 7.59. The Labute approximate surface area is 214 Å². The number of aliphatic hydroxyl groups is 1. The number of nitrogens with one attached hydrogen (secondary N) is 1. The quantitative estimate of drug-likeness (QED) is 0.450. The Morgan fingerprint density at radius 2 is 1.69 bits per heavy atom. The monoisotopic (exact) mass is 528 g/mol. The minimum absolute atomic E-state index is 0.104. The van der Waals surface area contributed by atoms with E-state index in [0.717, 1.165) is 62.8 Å². The number of hydrogen-bond acceptors (Lipinski definition) is 6. The van der Waals surface area contributed by atoms with E-state index in [9.17, 15) is 18.3 Å². The van der Waals surface area contributed by atoms with Crippen LogP contribution in [0.2, 0.25) is 5.02 Å². The number of aliphatic hydroxyl groups excluding tert-OH is 1. The van der Waals surface area contributed by atoms with E-state index >= 15 is 0 Å². The lowest BCUT2D eigenvalue weighted by Crippen LogP contribution is -2.50. The fourth-order valence-electron chi connectivity index (χ4n) is 4.75. The van der Waals surface area contributed by atoms with Gasteiger partial charge < -0.3 is 15.3 Å². The molecule has 2 atom stereocenters. The van der Waals surface area contributed by atoms with Crippen molar-refractivity contribution in [3.8, 4) is 0 Å². The maximum absolute atomic E-state index is 12.5. The molecule has 1 unspecified atom stereocenters. The van der Waals surface area contributed by atoms with Crippen molar-refractivity contribution in [1.82, 2.24) is 9.80 Å². The van der Waals surface area contributed by atoms with Crippen LogP contribution in [-0.2, 0) is 0 Å². The Kier molecular flexibility index (Phi) is 9.10. The van der Waals surface area contributed by atoms with Crippen molar-refractivity contribution in [1.29, 1.82) is 0 Å². The summed E-state index contributed by atoms with van der Waals surface area (Å²) in [6, 6.07) is 14.5. The Morgan fingerprint density at radius 1 is 1.00 bits per heavy atom. The average Bonchev–Trinajstić information content (AvgIpc) is 2.84. The molecule has 0 amide bonds. The minimum atomic E-state index is -4.28. The molecule has 2 heterocycles. The van der Waals surface area contributed by atoms with Crippen molar-refractivity contribution >= 4 is 34.7 Å². The molecule has 0 spiro atoms. The largest absolute Gasteiger partial charge is 0.446 e. The van der Waals surface area contributed by atoms with E-state index in [0.29, 0.717) is 13.0 Å². The summed E-state index contributed by atoms with van der Waals surface area (Å²) in [6.07, 6.45) is 2.13. The van der Waals surface area contributed by atoms with Crippen molar-refractivity contribution < 1.29 is 18.3 Å². The second-order valence-electron chi connectivity index (χ2n) is 9.13. The van der Waals surface area contributed by atoms with Crippen LogP contribution in [0, 0.1) is 0 Å². The van der Waals surface area contributed by atoms with Gasteiger partial charge in [-0.05, 0) is 79.6 Å². The summed E-state index contributed by atoms with van der Waals surface area (Å²) in [7, 11) is 0. The van der Waals surface area contributed by atoms with Crippen molar-refractivity contribution in [2.45, 2.75) is 41.9 Å². The van der Waals surface area contributed by atoms with Gasteiger partial charge in [0.25, 0.3) is 0 Å². The minimum Gasteiger partial charge on any atom is -0.381 e. The van der Waals surface area contributed by atoms with Crippen LogP contribution in [0.3, 0.4) is 0 Å². The molecule has 0 aromatic heterocycles. The van der Waals surface area contributed by atoms with Gasteiger partial charge in [0, 0.05) is 73.1 Å². The van der Waals surface area contributed by atoms with E-state index < -0.39 is 11.7 Å². The third kappa shape index (κ3) is 8.18. The number of piperidine rings is 1. The Balaban J connectivity index is 1.19. The molecule has 2 aromatic carbocycles. The second kappa shape index (κ2) is 12.1. The molecule has 2 saturated heterocycles. The highest BCUT2D eigenvalue weighted by molar-refractivity contribution is 8.00. The molecule has 2 aliphatic rings. The zero-order valence-electron chi connectivity index (χ0n) is 19.6. The molecule has 10 heteroatoms. The van der Waals surface area contributed by atoms with Crippen LogP contribution in [0.1, 0.15) is 19.3 Å². The number of alkyl halides is 3. The first-order valence-electron chi connectivity index (χ1n) is 12.0. The summed E-state index contributed by atoms with van der Waals surface area (Å²) in [6.45, 7) is 6.24. The van der Waals surface area contributed by atoms with Gasteiger partial charge in [0.1, 0.15) is 6.23 Å². The molecule has 0 aliphatic carbocycles. The van der Waals surface area contributed by atoms with Gasteiger partial charge in [0.2, 0.25) is 0 Å². The normalized spacial score (nSPS) is 21.2. The van der Waals surface area contributed by atoms with Crippen LogP contribution >= 0.6 is 23.4 Å². The summed E-state index contributed by atoms with van der Waals surface area (Å²) in [5.74, 6) is 0. The molecule has 0 bridgehead atoms. The molecule has 2 fully saturated rings. The van der Waals surface area contributed by atoms with E-state index in [2.05, 4.69) is 32.1 Å². The molecule has 4 rings (SSSR count). The van der Waals surface area contributed by atoms with Gasteiger partial charge in [0.15, 0.2) is 0 Å². The lowest BCUT2D eigenvalue weighted by atomic mass is 10.0. The van der Waals surface area contributed by atoms with Gasteiger partial charge in [-0.1, -0.05) is 11.6 Å². The first-order chi connectivity index (χ1) is 16.7. The SMILES string of the molecule is OC(CCN1CCN(c2ccc(Cl)cc2)CC1)N1CCC[C@H](Nc2ccc(SC(F)(F)F)cc2)C1. The number of rotatable bonds is 8. The van der Waals surface area contributed by atoms with Crippen LogP contribution in [0.4, 0.5) is 24.5 Å². The topological polar surface area (TPSA) is 42.0 Å². The van der Waals surface area contributed by atoms with Gasteiger partial charge in [-0.2, -0.15) is 13.2 Å². The average molecular weight is 529 g/mol. The zero-order chi connectivity index (χ0) is 24.8. The Bertz CT molecular complexity index is 924. The van der Waals surface area contributed by atoms with Crippen LogP contribution < -0.4 is 10.2 Å². The number of likely N-dealkylation sites (tertiary alicyclic amines) is 1. The van der Waals surface area contributed by atoms with Crippen LogP contribution in [0.5, 0.6) is 0 Å². The smallest absolute Gasteiger partial charge is 0.381 e. The number of anilines is 2. The summed E-state index contributed by atoms with van der Waals surface area (Å²) in [5, 5.41) is 15.0. The van der Waals surface area contributed by atoms with Crippen molar-refractivity contribution in [3.63, 3.8) is 0 Å². The summed E-state index contributed by atoms with van der Waals surface area (Å²) in [4.78, 5) is 7.05. The van der Waals surface area contributed by atoms with Gasteiger partial charge in [-0.3, -0.25) is 9.80 Å². The molecule has 2 aliphatic heterocycles. The molecular weight excluding hydrogens is 497 g/mol. The van der Waals surface area contributed by atoms with Gasteiger partial charge in [-0.15, -0.1) is 0 Å². The van der Waals surface area contributed by atoms with Gasteiger partial charge >= 0.3 is 5.51 Å². The molecule has 2 N–H and O–H groups in total. The highest BCUT2D eigenvalue weighted by atomic mass is 35.5. The van der Waals surface area contributed by atoms with E-state index in [1.165, 1.54) is 17.8 Å². The van der Waals surface area contributed by atoms with E-state index in [4.69, 9.17) is 11.6 Å². The number of hydrogen-bond donors (Lipinski definition) is 2. The Hall–Kier alpha value is -1.65. The highest BCUT2D eigenvalue weighted by Crippen LogP contribution is 2.37. The van der Waals surface area contributed by atoms with Gasteiger partial charge in [-0.25, -0.2) is 0 Å². The standard InChI is InChI=1S/C25H32ClF3N4OS/c26-19-3-7-22(8-4-19)32-16-14-31(15-17-32)13-11-24(34)33-12-1-2-21(18-33)30-20-5-9-23(10-6-20)35-25(27,28)29/h3-10,21,24,30,34H,1-2,11-18H2/t21-,24?/m0/s1. The lowest BCUT2D eigenvalue weighted by molar-refractivity contribution is -0.0328. The summed E-state index contributed by atoms with van der Waals surface area (Å²) < 4.78 is 37.6. The molecule has 2 aromatic rings. The predicted octanol–water partition coefficient (Wildman–Crippen LogP) is 5.36. The number of halogens is 4. The molecule has 35 heavy (non-hydrogen) atoms. The fourth-order valence-corrected chi connectivity index (χ4v) is 5.41. The number of nitrogens with zero attached hydrogens (tertiary/aromatic N) is 3. The highest BCUT2D eigenvalue weighted by Gasteiger charge is 2.29. The van der Waals surface area contributed by atoms with E-state index in [1.54, 1.807) is 12.1 Å². The lowest BCUT2D eigenvalue weighted by Gasteiger charge is -2.39. The Morgan fingerprint density at radius 3 is 2.34 bits per heavy atom. The maximum atomic E-state index is 12.5. The van der Waals surface area contributed by atoms with Crippen molar-refractivity contribution in [3.05, 3.63) is 53.6 Å². The maximum Gasteiger partial charge on any atom is 0.446 e. The van der Waals surface area contributed by atoms with Crippen LogP contribution in [-0.4, -0.2) is 78.5 Å². The summed E-state index contributed by atoms with van der Waals surface area (Å²) in [5.41, 5.74) is -2.29. The van der Waals surface area contributed by atoms with Crippen molar-refractivity contribution in [2.75, 3.05) is 56.0 Å². The second-order valence-corrected chi connectivity index (χ2v) is 10.7. The molecule has 5 nitrogen and oxygen atoms in total. The first kappa shape index (κ1) is 26.4. The number of piperazine rings is 1.